The number of para-hydroxylation sites is 4. The number of pyridine rings is 2. The fraction of sp³-hybridized carbons (Fsp3) is 0.103. The average Bonchev–Trinajstić information content (AvgIpc) is 2.88. The van der Waals surface area contributed by atoms with Crippen molar-refractivity contribution in [1.29, 1.82) is 0 Å². The highest BCUT2D eigenvalue weighted by atomic mass is 16.1. The van der Waals surface area contributed by atoms with Crippen LogP contribution in [0.3, 0.4) is 0 Å². The summed E-state index contributed by atoms with van der Waals surface area (Å²) in [7, 11) is 0. The van der Waals surface area contributed by atoms with Crippen molar-refractivity contribution in [2.75, 3.05) is 0 Å². The van der Waals surface area contributed by atoms with E-state index >= 15 is 0 Å². The van der Waals surface area contributed by atoms with Crippen molar-refractivity contribution in [3.05, 3.63) is 118 Å². The highest BCUT2D eigenvalue weighted by Crippen LogP contribution is 2.22. The molecule has 0 N–H and O–H groups in total. The molecule has 4 nitrogen and oxygen atoms in total. The maximum Gasteiger partial charge on any atom is 0.197 e. The number of nitrogens with zero attached hydrogens (tertiary/aromatic N) is 2. The predicted octanol–water partition coefficient (Wildman–Crippen LogP) is 5.71. The number of aryl methyl sites for hydroxylation is 2. The summed E-state index contributed by atoms with van der Waals surface area (Å²) in [6.07, 6.45) is 0.855. The third kappa shape index (κ3) is 3.06. The molecule has 0 saturated carbocycles. The molecule has 0 saturated heterocycles. The lowest BCUT2D eigenvalue weighted by Crippen LogP contribution is -2.14. The molecule has 0 unspecified atom stereocenters. The first-order valence-corrected chi connectivity index (χ1v) is 11.2. The molecule has 0 atom stereocenters. The number of fused-ring (bicyclic) bond motifs is 4. The van der Waals surface area contributed by atoms with E-state index in [0.29, 0.717) is 0 Å². The van der Waals surface area contributed by atoms with Gasteiger partial charge < -0.3 is 9.13 Å². The van der Waals surface area contributed by atoms with Crippen LogP contribution in [0, 0.1) is 0 Å². The van der Waals surface area contributed by atoms with Crippen LogP contribution in [0.25, 0.3) is 43.6 Å². The quantitative estimate of drug-likeness (QED) is 0.336. The molecule has 0 fully saturated rings. The van der Waals surface area contributed by atoms with Crippen LogP contribution in [-0.2, 0) is 13.1 Å². The molecule has 0 bridgehead atoms. The molecule has 33 heavy (non-hydrogen) atoms. The molecule has 6 rings (SSSR count). The van der Waals surface area contributed by atoms with E-state index < -0.39 is 0 Å². The monoisotopic (exact) mass is 430 g/mol. The Hall–Kier alpha value is -4.18. The molecule has 6 aromatic rings. The lowest BCUT2D eigenvalue weighted by molar-refractivity contribution is 0.600. The standard InChI is InChI=1S/C29H22N2O2/c32-28-20-10-1-5-14-24(20)30(25-15-6-2-11-21(25)28)18-9-19-31-26-16-7-3-12-22(26)29(33)23-13-4-8-17-27(23)31/h1-8,10-17H,9,18-19H2. The van der Waals surface area contributed by atoms with Crippen LogP contribution in [0.15, 0.2) is 107 Å². The lowest BCUT2D eigenvalue weighted by atomic mass is 10.1. The normalized spacial score (nSPS) is 11.6. The zero-order chi connectivity index (χ0) is 22.4. The Morgan fingerprint density at radius 1 is 0.424 bits per heavy atom. The van der Waals surface area contributed by atoms with Crippen molar-refractivity contribution in [3.63, 3.8) is 0 Å². The number of hydrogen-bond donors (Lipinski definition) is 0. The van der Waals surface area contributed by atoms with Crippen molar-refractivity contribution >= 4 is 43.6 Å². The van der Waals surface area contributed by atoms with Crippen LogP contribution in [0.2, 0.25) is 0 Å². The van der Waals surface area contributed by atoms with Gasteiger partial charge in [-0.25, -0.2) is 0 Å². The molecule has 4 aromatic carbocycles. The summed E-state index contributed by atoms with van der Waals surface area (Å²) in [5, 5.41) is 2.98. The van der Waals surface area contributed by atoms with Crippen molar-refractivity contribution in [1.82, 2.24) is 9.13 Å². The molecule has 0 aliphatic rings. The summed E-state index contributed by atoms with van der Waals surface area (Å²) in [5.41, 5.74) is 3.97. The Morgan fingerprint density at radius 2 is 0.697 bits per heavy atom. The highest BCUT2D eigenvalue weighted by Gasteiger charge is 2.12. The van der Waals surface area contributed by atoms with Crippen molar-refractivity contribution in [3.8, 4) is 0 Å². The van der Waals surface area contributed by atoms with Gasteiger partial charge in [0.05, 0.1) is 22.1 Å². The van der Waals surface area contributed by atoms with Crippen LogP contribution in [0.1, 0.15) is 6.42 Å². The van der Waals surface area contributed by atoms with Gasteiger partial charge in [-0.2, -0.15) is 0 Å². The first-order valence-electron chi connectivity index (χ1n) is 11.2. The molecule has 0 aliphatic heterocycles. The Labute approximate surface area is 189 Å². The minimum absolute atomic E-state index is 0.0786. The molecular formula is C29H22N2O2. The van der Waals surface area contributed by atoms with Gasteiger partial charge in [0.2, 0.25) is 0 Å². The van der Waals surface area contributed by atoms with Gasteiger partial charge in [-0.05, 0) is 55.0 Å². The van der Waals surface area contributed by atoms with Crippen LogP contribution in [0.4, 0.5) is 0 Å². The first kappa shape index (κ1) is 19.5. The average molecular weight is 431 g/mol. The van der Waals surface area contributed by atoms with Gasteiger partial charge in [-0.15, -0.1) is 0 Å². The van der Waals surface area contributed by atoms with E-state index in [9.17, 15) is 9.59 Å². The third-order valence-corrected chi connectivity index (χ3v) is 6.52. The molecule has 2 heterocycles. The summed E-state index contributed by atoms with van der Waals surface area (Å²) in [6.45, 7) is 1.52. The number of hydrogen-bond acceptors (Lipinski definition) is 2. The Morgan fingerprint density at radius 3 is 1.00 bits per heavy atom. The second kappa shape index (κ2) is 7.75. The molecule has 0 aliphatic carbocycles. The van der Waals surface area contributed by atoms with Crippen LogP contribution < -0.4 is 10.9 Å². The van der Waals surface area contributed by atoms with E-state index in [-0.39, 0.29) is 10.9 Å². The smallest absolute Gasteiger partial charge is 0.197 e. The minimum Gasteiger partial charge on any atom is -0.340 e. The SMILES string of the molecule is O=c1c2ccccc2n(CCCn2c3ccccc3c(=O)c3ccccc32)c2ccccc12. The Bertz CT molecular complexity index is 1540. The summed E-state index contributed by atoms with van der Waals surface area (Å²) >= 11 is 0. The molecular weight excluding hydrogens is 408 g/mol. The number of rotatable bonds is 4. The van der Waals surface area contributed by atoms with Crippen molar-refractivity contribution in [2.24, 2.45) is 0 Å². The Balaban J connectivity index is 1.47. The number of benzene rings is 4. The summed E-state index contributed by atoms with van der Waals surface area (Å²) in [5.74, 6) is 0. The zero-order valence-electron chi connectivity index (χ0n) is 18.1. The van der Waals surface area contributed by atoms with Gasteiger partial charge >= 0.3 is 0 Å². The fourth-order valence-electron chi connectivity index (χ4n) is 5.02. The molecule has 160 valence electrons. The van der Waals surface area contributed by atoms with Gasteiger partial charge in [-0.1, -0.05) is 48.5 Å². The van der Waals surface area contributed by atoms with Crippen LogP contribution in [-0.4, -0.2) is 9.13 Å². The van der Waals surface area contributed by atoms with Crippen molar-refractivity contribution < 1.29 is 0 Å². The molecule has 0 amide bonds. The lowest BCUT2D eigenvalue weighted by Gasteiger charge is -2.18. The number of aromatic nitrogens is 2. The third-order valence-electron chi connectivity index (χ3n) is 6.52. The van der Waals surface area contributed by atoms with E-state index in [0.717, 1.165) is 63.1 Å². The zero-order valence-corrected chi connectivity index (χ0v) is 18.1. The second-order valence-electron chi connectivity index (χ2n) is 8.38. The second-order valence-corrected chi connectivity index (χ2v) is 8.38. The summed E-state index contributed by atoms with van der Waals surface area (Å²) in [6, 6.07) is 31.3. The fourth-order valence-corrected chi connectivity index (χ4v) is 5.02. The minimum atomic E-state index is 0.0786. The van der Waals surface area contributed by atoms with Gasteiger partial charge in [0, 0.05) is 34.6 Å². The summed E-state index contributed by atoms with van der Waals surface area (Å²) < 4.78 is 4.50. The molecule has 0 spiro atoms. The van der Waals surface area contributed by atoms with Gasteiger partial charge in [-0.3, -0.25) is 9.59 Å². The largest absolute Gasteiger partial charge is 0.340 e. The molecule has 4 heteroatoms. The van der Waals surface area contributed by atoms with E-state index in [2.05, 4.69) is 9.13 Å². The van der Waals surface area contributed by atoms with Gasteiger partial charge in [0.1, 0.15) is 0 Å². The van der Waals surface area contributed by atoms with E-state index in [4.69, 9.17) is 0 Å². The van der Waals surface area contributed by atoms with Crippen LogP contribution in [0.5, 0.6) is 0 Å². The van der Waals surface area contributed by atoms with E-state index in [1.807, 2.05) is 97.1 Å². The van der Waals surface area contributed by atoms with E-state index in [1.165, 1.54) is 0 Å². The van der Waals surface area contributed by atoms with Gasteiger partial charge in [0.25, 0.3) is 0 Å². The first-order chi connectivity index (χ1) is 16.2. The predicted molar refractivity (Wildman–Crippen MR) is 136 cm³/mol. The summed E-state index contributed by atoms with van der Waals surface area (Å²) in [4.78, 5) is 26.0. The van der Waals surface area contributed by atoms with Gasteiger partial charge in [0.15, 0.2) is 10.9 Å². The maximum atomic E-state index is 13.0. The topological polar surface area (TPSA) is 44.0 Å². The Kier molecular flexibility index (Phi) is 4.58. The van der Waals surface area contributed by atoms with E-state index in [1.54, 1.807) is 0 Å². The van der Waals surface area contributed by atoms with Crippen molar-refractivity contribution in [2.45, 2.75) is 19.5 Å². The molecule has 2 aromatic heterocycles. The molecule has 0 radical (unpaired) electrons. The maximum absolute atomic E-state index is 13.0. The van der Waals surface area contributed by atoms with Crippen LogP contribution >= 0.6 is 0 Å². The highest BCUT2D eigenvalue weighted by molar-refractivity contribution is 5.94.